The van der Waals surface area contributed by atoms with Gasteiger partial charge in [-0.1, -0.05) is 12.8 Å². The molecular formula is C16H26N2Y-2. The van der Waals surface area contributed by atoms with Crippen molar-refractivity contribution < 1.29 is 32.7 Å². The second-order valence-corrected chi connectivity index (χ2v) is 6.24. The van der Waals surface area contributed by atoms with Crippen LogP contribution in [0.5, 0.6) is 0 Å². The van der Waals surface area contributed by atoms with Gasteiger partial charge in [-0.15, -0.1) is 0 Å². The van der Waals surface area contributed by atoms with Crippen molar-refractivity contribution in [1.29, 1.82) is 0 Å². The fourth-order valence-electron chi connectivity index (χ4n) is 3.35. The molecule has 1 radical (unpaired) electrons. The van der Waals surface area contributed by atoms with Gasteiger partial charge >= 0.3 is 0 Å². The van der Waals surface area contributed by atoms with E-state index in [-0.39, 0.29) is 32.7 Å². The van der Waals surface area contributed by atoms with Crippen LogP contribution >= 0.6 is 0 Å². The SMILES string of the molecule is [CH-]=CC(=[CH-])C1CN(C)CC1CN1CCC(C)CC1.[Y]. The normalized spacial score (nSPS) is 30.0. The number of allylic oxidation sites excluding steroid dienone is 1. The molecular weight excluding hydrogens is 309 g/mol. The topological polar surface area (TPSA) is 6.48 Å². The van der Waals surface area contributed by atoms with Crippen molar-refractivity contribution >= 4 is 0 Å². The first-order valence-electron chi connectivity index (χ1n) is 7.18. The molecule has 2 unspecified atom stereocenters. The maximum Gasteiger partial charge on any atom is 0.00129 e. The molecule has 0 N–H and O–H groups in total. The molecule has 2 heterocycles. The molecule has 2 nitrogen and oxygen atoms in total. The quantitative estimate of drug-likeness (QED) is 0.574. The third-order valence-corrected chi connectivity index (χ3v) is 4.61. The molecule has 19 heavy (non-hydrogen) atoms. The number of hydrogen-bond acceptors (Lipinski definition) is 2. The Morgan fingerprint density at radius 1 is 1.26 bits per heavy atom. The maximum absolute atomic E-state index is 6.05. The molecule has 3 heteroatoms. The summed E-state index contributed by atoms with van der Waals surface area (Å²) in [6.45, 7) is 19.9. The third-order valence-electron chi connectivity index (χ3n) is 4.61. The summed E-state index contributed by atoms with van der Waals surface area (Å²) in [5, 5.41) is 0. The average Bonchev–Trinajstić information content (AvgIpc) is 2.72. The van der Waals surface area contributed by atoms with Gasteiger partial charge < -0.3 is 34.6 Å². The molecule has 0 aromatic heterocycles. The van der Waals surface area contributed by atoms with Crippen molar-refractivity contribution in [3.63, 3.8) is 0 Å². The zero-order valence-electron chi connectivity index (χ0n) is 12.4. The molecule has 2 aliphatic rings. The second kappa shape index (κ2) is 8.07. The van der Waals surface area contributed by atoms with Crippen molar-refractivity contribution in [3.05, 3.63) is 24.8 Å². The number of rotatable bonds is 4. The summed E-state index contributed by atoms with van der Waals surface area (Å²) in [7, 11) is 2.18. The smallest absolute Gasteiger partial charge is 0.00129 e. The Morgan fingerprint density at radius 3 is 2.47 bits per heavy atom. The predicted molar refractivity (Wildman–Crippen MR) is 76.0 cm³/mol. The molecule has 0 aromatic rings. The standard InChI is InChI=1S/C16H26N2.Y/c1-5-14(3)16-12-17(4)10-15(16)11-18-8-6-13(2)7-9-18;/h1,3,5,13,15-16H,6-12H2,2,4H3;/q-2;. The Hall–Kier alpha value is 0.504. The second-order valence-electron chi connectivity index (χ2n) is 6.24. The summed E-state index contributed by atoms with van der Waals surface area (Å²) in [5.74, 6) is 1.99. The monoisotopic (exact) mass is 335 g/mol. The van der Waals surface area contributed by atoms with Crippen molar-refractivity contribution in [3.8, 4) is 0 Å². The van der Waals surface area contributed by atoms with Crippen molar-refractivity contribution in [2.75, 3.05) is 39.8 Å². The van der Waals surface area contributed by atoms with Crippen LogP contribution in [0.15, 0.2) is 11.6 Å². The molecule has 2 saturated heterocycles. The maximum atomic E-state index is 6.05. The molecule has 0 amide bonds. The molecule has 2 rings (SSSR count). The van der Waals surface area contributed by atoms with Crippen molar-refractivity contribution in [2.24, 2.45) is 17.8 Å². The van der Waals surface area contributed by atoms with E-state index in [1.54, 1.807) is 6.08 Å². The largest absolute Gasteiger partial charge is 0.394 e. The zero-order chi connectivity index (χ0) is 13.1. The van der Waals surface area contributed by atoms with E-state index in [0.717, 1.165) is 24.6 Å². The van der Waals surface area contributed by atoms with Gasteiger partial charge in [-0.3, -0.25) is 0 Å². The van der Waals surface area contributed by atoms with Crippen LogP contribution in [0.4, 0.5) is 0 Å². The molecule has 2 aliphatic heterocycles. The van der Waals surface area contributed by atoms with Gasteiger partial charge in [0.2, 0.25) is 0 Å². The van der Waals surface area contributed by atoms with Gasteiger partial charge in [0.25, 0.3) is 0 Å². The van der Waals surface area contributed by atoms with E-state index in [9.17, 15) is 0 Å². The van der Waals surface area contributed by atoms with E-state index in [1.165, 1.54) is 32.5 Å². The van der Waals surface area contributed by atoms with Gasteiger partial charge in [0, 0.05) is 45.8 Å². The summed E-state index contributed by atoms with van der Waals surface area (Å²) in [5.41, 5.74) is 0.870. The van der Waals surface area contributed by atoms with Crippen LogP contribution < -0.4 is 0 Å². The van der Waals surface area contributed by atoms with E-state index in [4.69, 9.17) is 13.2 Å². The fourth-order valence-corrected chi connectivity index (χ4v) is 3.35. The van der Waals surface area contributed by atoms with Gasteiger partial charge in [-0.05, 0) is 51.4 Å². The van der Waals surface area contributed by atoms with Gasteiger partial charge in [0.15, 0.2) is 0 Å². The molecule has 0 aliphatic carbocycles. The molecule has 0 spiro atoms. The molecule has 0 bridgehead atoms. The average molecular weight is 335 g/mol. The van der Waals surface area contributed by atoms with E-state index in [2.05, 4.69) is 23.8 Å². The van der Waals surface area contributed by atoms with Gasteiger partial charge in [-0.2, -0.15) is 0 Å². The van der Waals surface area contributed by atoms with Crippen LogP contribution in [0.3, 0.4) is 0 Å². The van der Waals surface area contributed by atoms with E-state index >= 15 is 0 Å². The molecule has 2 atom stereocenters. The third kappa shape index (κ3) is 4.77. The molecule has 0 aromatic carbocycles. The Labute approximate surface area is 144 Å². The molecule has 2 fully saturated rings. The Kier molecular flexibility index (Phi) is 7.46. The first-order valence-corrected chi connectivity index (χ1v) is 7.18. The van der Waals surface area contributed by atoms with Gasteiger partial charge in [-0.25, -0.2) is 0 Å². The predicted octanol–water partition coefficient (Wildman–Crippen LogP) is 2.24. The summed E-state index contributed by atoms with van der Waals surface area (Å²) < 4.78 is 0. The van der Waals surface area contributed by atoms with Crippen LogP contribution in [0, 0.1) is 30.9 Å². The Morgan fingerprint density at radius 2 is 1.89 bits per heavy atom. The summed E-state index contributed by atoms with van der Waals surface area (Å²) in [4.78, 5) is 4.99. The van der Waals surface area contributed by atoms with Crippen LogP contribution in [0.25, 0.3) is 0 Å². The van der Waals surface area contributed by atoms with Gasteiger partial charge in [0.1, 0.15) is 0 Å². The first kappa shape index (κ1) is 17.6. The number of piperidine rings is 1. The van der Waals surface area contributed by atoms with Crippen molar-refractivity contribution in [2.45, 2.75) is 19.8 Å². The van der Waals surface area contributed by atoms with Crippen LogP contribution in [-0.2, 0) is 32.7 Å². The van der Waals surface area contributed by atoms with Crippen molar-refractivity contribution in [1.82, 2.24) is 9.80 Å². The first-order chi connectivity index (χ1) is 8.60. The summed E-state index contributed by atoms with van der Waals surface area (Å²) in [6, 6.07) is 0. The van der Waals surface area contributed by atoms with Crippen LogP contribution in [-0.4, -0.2) is 49.6 Å². The minimum absolute atomic E-state index is 0. The van der Waals surface area contributed by atoms with Crippen LogP contribution in [0.2, 0.25) is 0 Å². The Bertz CT molecular complexity index is 308. The number of nitrogens with zero attached hydrogens (tertiary/aromatic N) is 2. The van der Waals surface area contributed by atoms with Gasteiger partial charge in [0.05, 0.1) is 0 Å². The van der Waals surface area contributed by atoms with Crippen LogP contribution in [0.1, 0.15) is 19.8 Å². The summed E-state index contributed by atoms with van der Waals surface area (Å²) >= 11 is 0. The molecule has 105 valence electrons. The number of likely N-dealkylation sites (tertiary alicyclic amines) is 2. The van der Waals surface area contributed by atoms with E-state index < -0.39 is 0 Å². The minimum atomic E-state index is 0. The Balaban J connectivity index is 0.00000180. The minimum Gasteiger partial charge on any atom is -0.394 e. The summed E-state index contributed by atoms with van der Waals surface area (Å²) in [6.07, 6.45) is 4.28. The fraction of sp³-hybridized carbons (Fsp3) is 0.750. The van der Waals surface area contributed by atoms with E-state index in [0.29, 0.717) is 11.8 Å². The van der Waals surface area contributed by atoms with E-state index in [1.807, 2.05) is 0 Å². The molecule has 0 saturated carbocycles. The number of hydrogen-bond donors (Lipinski definition) is 0. The zero-order valence-corrected chi connectivity index (χ0v) is 15.2.